The van der Waals surface area contributed by atoms with E-state index in [1.807, 2.05) is 0 Å². The van der Waals surface area contributed by atoms with E-state index in [2.05, 4.69) is 10.1 Å². The molecule has 0 aromatic heterocycles. The van der Waals surface area contributed by atoms with E-state index in [1.165, 1.54) is 31.4 Å². The molecule has 98 valence electrons. The number of hydrogen-bond acceptors (Lipinski definition) is 5. The molecule has 6 heteroatoms. The predicted molar refractivity (Wildman–Crippen MR) is 65.7 cm³/mol. The van der Waals surface area contributed by atoms with Crippen LogP contribution < -0.4 is 5.32 Å². The van der Waals surface area contributed by atoms with Gasteiger partial charge in [0, 0.05) is 0 Å². The third-order valence-electron chi connectivity index (χ3n) is 2.30. The molecule has 1 rings (SSSR count). The van der Waals surface area contributed by atoms with Crippen molar-refractivity contribution in [2.75, 3.05) is 14.2 Å². The molecule has 4 N–H and O–H groups in total. The molecule has 0 aliphatic carbocycles. The van der Waals surface area contributed by atoms with E-state index in [-0.39, 0.29) is 16.8 Å². The molecule has 1 aromatic carbocycles. The fraction of sp³-hybridized carbons (Fsp3) is 0.250. The maximum Gasteiger partial charge on any atom is 0.328 e. The summed E-state index contributed by atoms with van der Waals surface area (Å²) in [6.45, 7) is 0. The van der Waals surface area contributed by atoms with Crippen molar-refractivity contribution < 1.29 is 24.9 Å². The summed E-state index contributed by atoms with van der Waals surface area (Å²) in [6.07, 6.45) is 0. The second kappa shape index (κ2) is 7.24. The van der Waals surface area contributed by atoms with E-state index in [9.17, 15) is 9.59 Å². The number of likely N-dealkylation sites (N-methyl/N-ethyl adjacent to an activating group) is 1. The number of aromatic hydroxyl groups is 1. The summed E-state index contributed by atoms with van der Waals surface area (Å²) >= 11 is 0. The number of hydrogen-bond donors (Lipinski definition) is 2. The summed E-state index contributed by atoms with van der Waals surface area (Å²) in [5, 5.41) is 11.8. The first-order valence-corrected chi connectivity index (χ1v) is 4.93. The normalized spacial score (nSPS) is 10.8. The number of nitrogens with one attached hydrogen (secondary N) is 1. The van der Waals surface area contributed by atoms with Gasteiger partial charge in [-0.2, -0.15) is 0 Å². The number of benzene rings is 1. The van der Waals surface area contributed by atoms with Crippen molar-refractivity contribution in [1.82, 2.24) is 5.32 Å². The minimum absolute atomic E-state index is 0. The highest BCUT2D eigenvalue weighted by Crippen LogP contribution is 2.19. The average molecular weight is 253 g/mol. The number of rotatable bonds is 4. The van der Waals surface area contributed by atoms with Gasteiger partial charge in [-0.25, -0.2) is 9.59 Å². The Bertz CT molecular complexity index is 448. The lowest BCUT2D eigenvalue weighted by Gasteiger charge is -2.14. The van der Waals surface area contributed by atoms with Gasteiger partial charge in [0.05, 0.1) is 12.7 Å². The van der Waals surface area contributed by atoms with Crippen LogP contribution in [0, 0.1) is 0 Å². The Labute approximate surface area is 104 Å². The molecule has 0 saturated carbocycles. The number of methoxy groups -OCH3 is 1. The number of phenolic OH excluding ortho intramolecular Hbond substituents is 1. The second-order valence-electron chi connectivity index (χ2n) is 3.31. The summed E-state index contributed by atoms with van der Waals surface area (Å²) in [4.78, 5) is 22.4. The van der Waals surface area contributed by atoms with Crippen LogP contribution in [0.25, 0.3) is 5.57 Å². The molecule has 0 aliphatic heterocycles. The Morgan fingerprint density at radius 3 is 2.33 bits per heavy atom. The minimum Gasteiger partial charge on any atom is -0.508 e. The van der Waals surface area contributed by atoms with Crippen LogP contribution >= 0.6 is 0 Å². The highest BCUT2D eigenvalue weighted by molar-refractivity contribution is 6.01. The lowest BCUT2D eigenvalue weighted by molar-refractivity contribution is -0.141. The minimum atomic E-state index is -0.873. The quantitative estimate of drug-likeness (QED) is 0.558. The summed E-state index contributed by atoms with van der Waals surface area (Å²) in [7, 11) is 2.78. The molecule has 0 spiro atoms. The third-order valence-corrected chi connectivity index (χ3v) is 2.30. The van der Waals surface area contributed by atoms with Crippen molar-refractivity contribution in [3.63, 3.8) is 0 Å². The smallest absolute Gasteiger partial charge is 0.328 e. The maximum absolute atomic E-state index is 11.4. The molecule has 0 saturated heterocycles. The van der Waals surface area contributed by atoms with Gasteiger partial charge in [0.25, 0.3) is 0 Å². The zero-order valence-corrected chi connectivity index (χ0v) is 10.1. The zero-order valence-electron chi connectivity index (χ0n) is 10.1. The van der Waals surface area contributed by atoms with Crippen LogP contribution in [0.15, 0.2) is 24.3 Å². The van der Waals surface area contributed by atoms with Crippen molar-refractivity contribution >= 4 is 17.5 Å². The molecule has 0 fully saturated rings. The molecule has 0 amide bonds. The highest BCUT2D eigenvalue weighted by atomic mass is 16.5. The van der Waals surface area contributed by atoms with E-state index in [4.69, 9.17) is 5.11 Å². The van der Waals surface area contributed by atoms with Crippen LogP contribution in [0.4, 0.5) is 0 Å². The van der Waals surface area contributed by atoms with Gasteiger partial charge in [-0.3, -0.25) is 0 Å². The van der Waals surface area contributed by atoms with Crippen molar-refractivity contribution in [2.45, 2.75) is 6.04 Å². The van der Waals surface area contributed by atoms with Crippen molar-refractivity contribution in [3.05, 3.63) is 29.8 Å². The lowest BCUT2D eigenvalue weighted by Crippen LogP contribution is -2.36. The largest absolute Gasteiger partial charge is 0.508 e. The summed E-state index contributed by atoms with van der Waals surface area (Å²) in [6, 6.07) is 5.04. The molecule has 18 heavy (non-hydrogen) atoms. The molecular formula is C12H15NO5. The van der Waals surface area contributed by atoms with Crippen LogP contribution in [0.3, 0.4) is 0 Å². The van der Waals surface area contributed by atoms with E-state index in [1.54, 1.807) is 13.0 Å². The standard InChI is InChI=1S/C12H13NO4.H2O/c1-13-11(12(16)17-2)10(7-14)8-3-5-9(15)6-4-8;/h3-6,11,13,15H,1-2H3;1H2. The SMILES string of the molecule is CNC(C(=O)OC)C(=C=O)c1ccc(O)cc1.O. The van der Waals surface area contributed by atoms with E-state index >= 15 is 0 Å². The summed E-state index contributed by atoms with van der Waals surface area (Å²) in [5.41, 5.74) is 0.641. The molecule has 1 unspecified atom stereocenters. The number of esters is 1. The van der Waals surface area contributed by atoms with Gasteiger partial charge >= 0.3 is 5.97 Å². The highest BCUT2D eigenvalue weighted by Gasteiger charge is 2.24. The number of phenols is 1. The van der Waals surface area contributed by atoms with Crippen LogP contribution in [0.5, 0.6) is 5.75 Å². The van der Waals surface area contributed by atoms with Gasteiger partial charge < -0.3 is 20.6 Å². The molecule has 0 aliphatic rings. The monoisotopic (exact) mass is 253 g/mol. The second-order valence-corrected chi connectivity index (χ2v) is 3.31. The van der Waals surface area contributed by atoms with Gasteiger partial charge in [0.2, 0.25) is 0 Å². The zero-order chi connectivity index (χ0) is 12.8. The van der Waals surface area contributed by atoms with Crippen LogP contribution in [-0.4, -0.2) is 42.7 Å². The van der Waals surface area contributed by atoms with Gasteiger partial charge in [-0.1, -0.05) is 12.1 Å². The van der Waals surface area contributed by atoms with Crippen molar-refractivity contribution in [2.24, 2.45) is 0 Å². The van der Waals surface area contributed by atoms with Gasteiger partial charge in [-0.15, -0.1) is 0 Å². The molecule has 6 nitrogen and oxygen atoms in total. The van der Waals surface area contributed by atoms with Gasteiger partial charge in [0.1, 0.15) is 17.7 Å². The van der Waals surface area contributed by atoms with Crippen LogP contribution in [0.2, 0.25) is 0 Å². The van der Waals surface area contributed by atoms with Gasteiger partial charge in [-0.05, 0) is 24.7 Å². The third kappa shape index (κ3) is 3.43. The molecular weight excluding hydrogens is 238 g/mol. The molecule has 1 atom stereocenters. The first-order chi connectivity index (χ1) is 8.13. The van der Waals surface area contributed by atoms with E-state index < -0.39 is 12.0 Å². The Balaban J connectivity index is 0.00000289. The maximum atomic E-state index is 11.4. The number of carbonyl (C=O) groups is 1. The topological polar surface area (TPSA) is 107 Å². The summed E-state index contributed by atoms with van der Waals surface area (Å²) < 4.78 is 4.58. The first kappa shape index (κ1) is 15.9. The van der Waals surface area contributed by atoms with Crippen molar-refractivity contribution in [1.29, 1.82) is 0 Å². The Hall–Kier alpha value is -2.14. The fourth-order valence-corrected chi connectivity index (χ4v) is 1.42. The molecule has 0 heterocycles. The summed E-state index contributed by atoms with van der Waals surface area (Å²) in [5.74, 6) is 1.24. The molecule has 0 bridgehead atoms. The fourth-order valence-electron chi connectivity index (χ4n) is 1.42. The van der Waals surface area contributed by atoms with E-state index in [0.29, 0.717) is 5.56 Å². The Morgan fingerprint density at radius 1 is 1.39 bits per heavy atom. The van der Waals surface area contributed by atoms with E-state index in [0.717, 1.165) is 0 Å². The Morgan fingerprint density at radius 2 is 1.94 bits per heavy atom. The van der Waals surface area contributed by atoms with Crippen molar-refractivity contribution in [3.8, 4) is 5.75 Å². The molecule has 0 radical (unpaired) electrons. The lowest BCUT2D eigenvalue weighted by atomic mass is 10.00. The average Bonchev–Trinajstić information content (AvgIpc) is 2.36. The first-order valence-electron chi connectivity index (χ1n) is 4.93. The predicted octanol–water partition coefficient (Wildman–Crippen LogP) is -0.457. The number of carbonyl (C=O) groups excluding carboxylic acids is 2. The van der Waals surface area contributed by atoms with Crippen LogP contribution in [-0.2, 0) is 14.3 Å². The van der Waals surface area contributed by atoms with Crippen LogP contribution in [0.1, 0.15) is 5.56 Å². The van der Waals surface area contributed by atoms with Gasteiger partial charge in [0.15, 0.2) is 0 Å². The Kier molecular flexibility index (Phi) is 6.38. The molecule has 1 aromatic rings. The number of ether oxygens (including phenoxy) is 1.